The Hall–Kier alpha value is -0.650. The van der Waals surface area contributed by atoms with Crippen LogP contribution in [-0.4, -0.2) is 52.6 Å². The Labute approximate surface area is 84.7 Å². The van der Waals surface area contributed by atoms with E-state index in [0.717, 1.165) is 6.54 Å². The third-order valence-electron chi connectivity index (χ3n) is 1.43. The normalized spacial score (nSPS) is 10.1. The zero-order valence-corrected chi connectivity index (χ0v) is 8.88. The lowest BCUT2D eigenvalue weighted by atomic mass is 10.6. The van der Waals surface area contributed by atoms with Crippen molar-refractivity contribution in [2.45, 2.75) is 6.92 Å². The Morgan fingerprint density at radius 3 is 2.64 bits per heavy atom. The van der Waals surface area contributed by atoms with Crippen LogP contribution in [0.25, 0.3) is 0 Å². The van der Waals surface area contributed by atoms with Crippen molar-refractivity contribution in [2.75, 3.05) is 46.6 Å². The molecular weight excluding hydrogens is 186 g/mol. The van der Waals surface area contributed by atoms with Crippen molar-refractivity contribution in [2.24, 2.45) is 0 Å². The second-order valence-corrected chi connectivity index (χ2v) is 2.60. The molecule has 0 saturated heterocycles. The van der Waals surface area contributed by atoms with Crippen LogP contribution in [0, 0.1) is 0 Å². The van der Waals surface area contributed by atoms with E-state index in [1.807, 2.05) is 0 Å². The molecule has 1 N–H and O–H groups in total. The van der Waals surface area contributed by atoms with E-state index in [2.05, 4.69) is 10.1 Å². The third kappa shape index (κ3) is 9.44. The number of ether oxygens (including phenoxy) is 3. The van der Waals surface area contributed by atoms with E-state index >= 15 is 0 Å². The molecule has 0 unspecified atom stereocenters. The van der Waals surface area contributed by atoms with Gasteiger partial charge in [0.2, 0.25) is 0 Å². The standard InChI is InChI=1S/C9H19NO4/c1-3-14-9(11)8-13-7-5-10-4-6-12-2/h10H,3-8H2,1-2H3. The first-order valence-corrected chi connectivity index (χ1v) is 4.74. The highest BCUT2D eigenvalue weighted by Gasteiger charge is 1.99. The Morgan fingerprint density at radius 2 is 2.00 bits per heavy atom. The van der Waals surface area contributed by atoms with Gasteiger partial charge in [-0.3, -0.25) is 0 Å². The highest BCUT2D eigenvalue weighted by Crippen LogP contribution is 1.80. The first-order valence-electron chi connectivity index (χ1n) is 4.74. The van der Waals surface area contributed by atoms with E-state index in [1.54, 1.807) is 14.0 Å². The Kier molecular flexibility index (Phi) is 9.95. The van der Waals surface area contributed by atoms with Crippen LogP contribution in [0.5, 0.6) is 0 Å². The largest absolute Gasteiger partial charge is 0.464 e. The lowest BCUT2D eigenvalue weighted by molar-refractivity contribution is -0.148. The lowest BCUT2D eigenvalue weighted by Gasteiger charge is -2.05. The van der Waals surface area contributed by atoms with Crippen molar-refractivity contribution in [3.8, 4) is 0 Å². The van der Waals surface area contributed by atoms with Crippen LogP contribution in [0.2, 0.25) is 0 Å². The van der Waals surface area contributed by atoms with Crippen molar-refractivity contribution in [3.05, 3.63) is 0 Å². The van der Waals surface area contributed by atoms with E-state index in [9.17, 15) is 4.79 Å². The molecule has 0 aromatic heterocycles. The van der Waals surface area contributed by atoms with Gasteiger partial charge in [0.05, 0.1) is 19.8 Å². The van der Waals surface area contributed by atoms with Crippen molar-refractivity contribution in [1.82, 2.24) is 5.32 Å². The van der Waals surface area contributed by atoms with Crippen LogP contribution >= 0.6 is 0 Å². The van der Waals surface area contributed by atoms with Crippen molar-refractivity contribution < 1.29 is 19.0 Å². The lowest BCUT2D eigenvalue weighted by Crippen LogP contribution is -2.25. The highest BCUT2D eigenvalue weighted by molar-refractivity contribution is 5.70. The molecule has 0 heterocycles. The van der Waals surface area contributed by atoms with Gasteiger partial charge in [0.25, 0.3) is 0 Å². The summed E-state index contributed by atoms with van der Waals surface area (Å²) < 4.78 is 14.6. The Bertz CT molecular complexity index is 141. The molecule has 0 fully saturated rings. The molecule has 0 aliphatic rings. The van der Waals surface area contributed by atoms with Crippen LogP contribution in [0.15, 0.2) is 0 Å². The number of hydrogen-bond donors (Lipinski definition) is 1. The molecule has 0 aromatic rings. The van der Waals surface area contributed by atoms with E-state index in [0.29, 0.717) is 26.4 Å². The van der Waals surface area contributed by atoms with Gasteiger partial charge in [-0.2, -0.15) is 0 Å². The molecule has 0 aliphatic carbocycles. The second-order valence-electron chi connectivity index (χ2n) is 2.60. The monoisotopic (exact) mass is 205 g/mol. The molecule has 0 bridgehead atoms. The molecule has 5 heteroatoms. The molecule has 0 aliphatic heterocycles. The number of esters is 1. The van der Waals surface area contributed by atoms with Gasteiger partial charge in [0, 0.05) is 20.2 Å². The summed E-state index contributed by atoms with van der Waals surface area (Å²) in [6.45, 7) is 4.88. The summed E-state index contributed by atoms with van der Waals surface area (Å²) in [5, 5.41) is 3.09. The van der Waals surface area contributed by atoms with Crippen LogP contribution in [0.3, 0.4) is 0 Å². The summed E-state index contributed by atoms with van der Waals surface area (Å²) in [5.74, 6) is -0.315. The molecule has 0 saturated carbocycles. The molecule has 0 atom stereocenters. The Balaban J connectivity index is 3.01. The van der Waals surface area contributed by atoms with Gasteiger partial charge in [0.1, 0.15) is 6.61 Å². The molecule has 0 aromatic carbocycles. The smallest absolute Gasteiger partial charge is 0.332 e. The van der Waals surface area contributed by atoms with Gasteiger partial charge in [0.15, 0.2) is 0 Å². The number of carbonyl (C=O) groups excluding carboxylic acids is 1. The first-order chi connectivity index (χ1) is 6.81. The maximum absolute atomic E-state index is 10.8. The fraction of sp³-hybridized carbons (Fsp3) is 0.889. The minimum Gasteiger partial charge on any atom is -0.464 e. The van der Waals surface area contributed by atoms with E-state index < -0.39 is 0 Å². The van der Waals surface area contributed by atoms with E-state index in [4.69, 9.17) is 9.47 Å². The molecule has 5 nitrogen and oxygen atoms in total. The average Bonchev–Trinajstić information content (AvgIpc) is 2.17. The van der Waals surface area contributed by atoms with E-state index in [-0.39, 0.29) is 12.6 Å². The van der Waals surface area contributed by atoms with Crippen LogP contribution in [0.4, 0.5) is 0 Å². The number of nitrogens with one attached hydrogen (secondary N) is 1. The van der Waals surface area contributed by atoms with Gasteiger partial charge >= 0.3 is 5.97 Å². The van der Waals surface area contributed by atoms with Gasteiger partial charge in [-0.15, -0.1) is 0 Å². The zero-order valence-electron chi connectivity index (χ0n) is 8.88. The predicted octanol–water partition coefficient (Wildman–Crippen LogP) is -0.198. The predicted molar refractivity (Wildman–Crippen MR) is 52.2 cm³/mol. The van der Waals surface area contributed by atoms with Gasteiger partial charge in [-0.25, -0.2) is 4.79 Å². The molecule has 14 heavy (non-hydrogen) atoms. The molecule has 0 rings (SSSR count). The van der Waals surface area contributed by atoms with Gasteiger partial charge < -0.3 is 19.5 Å². The first kappa shape index (κ1) is 13.4. The van der Waals surface area contributed by atoms with Crippen molar-refractivity contribution >= 4 is 5.97 Å². The van der Waals surface area contributed by atoms with Crippen molar-refractivity contribution in [3.63, 3.8) is 0 Å². The summed E-state index contributed by atoms with van der Waals surface area (Å²) >= 11 is 0. The zero-order chi connectivity index (χ0) is 10.6. The summed E-state index contributed by atoms with van der Waals surface area (Å²) in [6, 6.07) is 0. The summed E-state index contributed by atoms with van der Waals surface area (Å²) in [6.07, 6.45) is 0. The topological polar surface area (TPSA) is 56.8 Å². The SMILES string of the molecule is CCOC(=O)COCCNCCOC. The minimum absolute atomic E-state index is 0.0276. The number of rotatable bonds is 9. The molecule has 0 radical (unpaired) electrons. The quantitative estimate of drug-likeness (QED) is 0.417. The Morgan fingerprint density at radius 1 is 1.29 bits per heavy atom. The van der Waals surface area contributed by atoms with Crippen LogP contribution in [0.1, 0.15) is 6.92 Å². The van der Waals surface area contributed by atoms with E-state index in [1.165, 1.54) is 0 Å². The fourth-order valence-corrected chi connectivity index (χ4v) is 0.802. The van der Waals surface area contributed by atoms with Crippen LogP contribution < -0.4 is 5.32 Å². The van der Waals surface area contributed by atoms with Crippen molar-refractivity contribution in [1.29, 1.82) is 0 Å². The van der Waals surface area contributed by atoms with Gasteiger partial charge in [-0.1, -0.05) is 0 Å². The molecule has 84 valence electrons. The molecule has 0 amide bonds. The highest BCUT2D eigenvalue weighted by atomic mass is 16.6. The van der Waals surface area contributed by atoms with Crippen LogP contribution in [-0.2, 0) is 19.0 Å². The fourth-order valence-electron chi connectivity index (χ4n) is 0.802. The number of hydrogen-bond acceptors (Lipinski definition) is 5. The average molecular weight is 205 g/mol. The third-order valence-corrected chi connectivity index (χ3v) is 1.43. The summed E-state index contributed by atoms with van der Waals surface area (Å²) in [7, 11) is 1.65. The number of carbonyl (C=O) groups is 1. The maximum Gasteiger partial charge on any atom is 0.332 e. The minimum atomic E-state index is -0.315. The number of methoxy groups -OCH3 is 1. The molecular formula is C9H19NO4. The second kappa shape index (κ2) is 10.4. The summed E-state index contributed by atoms with van der Waals surface area (Å²) in [4.78, 5) is 10.8. The molecule has 0 spiro atoms. The van der Waals surface area contributed by atoms with Gasteiger partial charge in [-0.05, 0) is 6.92 Å². The maximum atomic E-state index is 10.8. The summed E-state index contributed by atoms with van der Waals surface area (Å²) in [5.41, 5.74) is 0.